The van der Waals surface area contributed by atoms with Crippen molar-refractivity contribution in [2.45, 2.75) is 6.92 Å². The van der Waals surface area contributed by atoms with Crippen LogP contribution in [0.25, 0.3) is 22.4 Å². The first-order valence-corrected chi connectivity index (χ1v) is 8.41. The summed E-state index contributed by atoms with van der Waals surface area (Å²) in [7, 11) is -3.82. The molecule has 0 atom stereocenters. The zero-order valence-corrected chi connectivity index (χ0v) is 13.2. The number of anilines is 1. The molecule has 0 fully saturated rings. The molecule has 3 N–H and O–H groups in total. The highest BCUT2D eigenvalue weighted by Gasteiger charge is 2.17. The van der Waals surface area contributed by atoms with Gasteiger partial charge in [-0.15, -0.1) is 0 Å². The number of aryl methyl sites for hydroxylation is 1. The maximum atomic E-state index is 11.2. The third kappa shape index (κ3) is 3.41. The molecule has 0 bridgehead atoms. The Morgan fingerprint density at radius 1 is 1.04 bits per heavy atom. The van der Waals surface area contributed by atoms with Crippen molar-refractivity contribution in [3.05, 3.63) is 60.4 Å². The molecule has 0 radical (unpaired) electrons. The highest BCUT2D eigenvalue weighted by atomic mass is 32.2. The van der Waals surface area contributed by atoms with Gasteiger partial charge < -0.3 is 4.52 Å². The summed E-state index contributed by atoms with van der Waals surface area (Å²) in [6.07, 6.45) is 0. The maximum Gasteiger partial charge on any atom is 0.296 e. The van der Waals surface area contributed by atoms with E-state index < -0.39 is 10.2 Å². The maximum absolute atomic E-state index is 11.2. The molecule has 3 aromatic rings. The van der Waals surface area contributed by atoms with Gasteiger partial charge in [-0.1, -0.05) is 47.6 Å². The van der Waals surface area contributed by atoms with Crippen molar-refractivity contribution in [2.75, 3.05) is 4.72 Å². The molecular weight excluding hydrogens is 314 g/mol. The van der Waals surface area contributed by atoms with E-state index in [-0.39, 0.29) is 0 Å². The van der Waals surface area contributed by atoms with Gasteiger partial charge in [0.25, 0.3) is 10.2 Å². The largest absolute Gasteiger partial charge is 0.360 e. The first-order valence-electron chi connectivity index (χ1n) is 6.87. The molecule has 1 aromatic heterocycles. The van der Waals surface area contributed by atoms with E-state index in [1.807, 2.05) is 43.3 Å². The summed E-state index contributed by atoms with van der Waals surface area (Å²) in [6.45, 7) is 1.81. The Hall–Kier alpha value is -2.64. The van der Waals surface area contributed by atoms with Crippen molar-refractivity contribution in [3.63, 3.8) is 0 Å². The lowest BCUT2D eigenvalue weighted by molar-refractivity contribution is 0.400. The number of hydrogen-bond acceptors (Lipinski definition) is 4. The molecule has 2 aromatic carbocycles. The van der Waals surface area contributed by atoms with Crippen LogP contribution in [0.5, 0.6) is 0 Å². The quantitative estimate of drug-likeness (QED) is 0.769. The topological polar surface area (TPSA) is 98.2 Å². The molecule has 3 rings (SSSR count). The van der Waals surface area contributed by atoms with Crippen molar-refractivity contribution >= 4 is 15.9 Å². The molecule has 0 unspecified atom stereocenters. The van der Waals surface area contributed by atoms with Gasteiger partial charge in [0.15, 0.2) is 0 Å². The number of benzene rings is 2. The number of nitrogens with zero attached hydrogens (tertiary/aromatic N) is 1. The molecule has 0 amide bonds. The van der Waals surface area contributed by atoms with Gasteiger partial charge in [-0.05, 0) is 24.6 Å². The first-order chi connectivity index (χ1) is 10.9. The van der Waals surface area contributed by atoms with Crippen LogP contribution in [0.15, 0.2) is 59.1 Å². The summed E-state index contributed by atoms with van der Waals surface area (Å²) in [5, 5.41) is 9.15. The minimum absolute atomic E-state index is 0.379. The normalized spacial score (nSPS) is 11.4. The minimum Gasteiger partial charge on any atom is -0.360 e. The Balaban J connectivity index is 2.10. The summed E-state index contributed by atoms with van der Waals surface area (Å²) in [5.74, 6) is 0.650. The number of nitrogens with one attached hydrogen (secondary N) is 1. The van der Waals surface area contributed by atoms with Crippen LogP contribution in [0.3, 0.4) is 0 Å². The Bertz CT molecular complexity index is 934. The first kappa shape index (κ1) is 15.3. The van der Waals surface area contributed by atoms with Gasteiger partial charge in [-0.2, -0.15) is 8.42 Å². The third-order valence-electron chi connectivity index (χ3n) is 3.32. The minimum atomic E-state index is -3.82. The predicted molar refractivity (Wildman–Crippen MR) is 88.8 cm³/mol. The number of aromatic nitrogens is 1. The molecule has 7 heteroatoms. The van der Waals surface area contributed by atoms with Gasteiger partial charge in [0.2, 0.25) is 0 Å². The van der Waals surface area contributed by atoms with Gasteiger partial charge in [0.1, 0.15) is 11.5 Å². The van der Waals surface area contributed by atoms with Crippen LogP contribution in [0.4, 0.5) is 5.69 Å². The molecular formula is C16H15N3O3S. The van der Waals surface area contributed by atoms with E-state index in [1.165, 1.54) is 0 Å². The summed E-state index contributed by atoms with van der Waals surface area (Å²) in [6, 6.07) is 16.6. The SMILES string of the molecule is Cc1onc(-c2ccccc2)c1-c1cccc(NS(N)(=O)=O)c1. The molecule has 6 nitrogen and oxygen atoms in total. The fourth-order valence-electron chi connectivity index (χ4n) is 2.41. The van der Waals surface area contributed by atoms with E-state index in [0.717, 1.165) is 16.7 Å². The van der Waals surface area contributed by atoms with Crippen LogP contribution in [0.1, 0.15) is 5.76 Å². The molecule has 0 aliphatic carbocycles. The van der Waals surface area contributed by atoms with Crippen LogP contribution in [0, 0.1) is 6.92 Å². The molecule has 0 aliphatic rings. The average molecular weight is 329 g/mol. The van der Waals surface area contributed by atoms with Crippen LogP contribution < -0.4 is 9.86 Å². The smallest absolute Gasteiger partial charge is 0.296 e. The van der Waals surface area contributed by atoms with Crippen molar-refractivity contribution in [2.24, 2.45) is 5.14 Å². The molecule has 0 saturated heterocycles. The molecule has 0 saturated carbocycles. The van der Waals surface area contributed by atoms with E-state index in [1.54, 1.807) is 18.2 Å². The van der Waals surface area contributed by atoms with Crippen molar-refractivity contribution in [3.8, 4) is 22.4 Å². The van der Waals surface area contributed by atoms with E-state index >= 15 is 0 Å². The average Bonchev–Trinajstić information content (AvgIpc) is 2.88. The van der Waals surface area contributed by atoms with Gasteiger partial charge in [0.05, 0.1) is 11.3 Å². The fourth-order valence-corrected chi connectivity index (χ4v) is 2.86. The zero-order chi connectivity index (χ0) is 16.4. The standard InChI is InChI=1S/C16H15N3O3S/c1-11-15(16(18-22-11)12-6-3-2-4-7-12)13-8-5-9-14(10-13)19-23(17,20)21/h2-10,19H,1H3,(H2,17,20,21). The van der Waals surface area contributed by atoms with Crippen LogP contribution >= 0.6 is 0 Å². The van der Waals surface area contributed by atoms with Crippen molar-refractivity contribution in [1.29, 1.82) is 0 Å². The lowest BCUT2D eigenvalue weighted by Gasteiger charge is -2.07. The highest BCUT2D eigenvalue weighted by Crippen LogP contribution is 2.35. The van der Waals surface area contributed by atoms with Gasteiger partial charge in [0, 0.05) is 5.56 Å². The van der Waals surface area contributed by atoms with Crippen LogP contribution in [-0.4, -0.2) is 13.6 Å². The Labute approximate surface area is 134 Å². The summed E-state index contributed by atoms with van der Waals surface area (Å²) < 4.78 is 30.0. The Kier molecular flexibility index (Phi) is 3.89. The molecule has 0 spiro atoms. The third-order valence-corrected chi connectivity index (χ3v) is 3.84. The van der Waals surface area contributed by atoms with E-state index in [4.69, 9.17) is 9.66 Å². The number of rotatable bonds is 4. The number of nitrogens with two attached hydrogens (primary N) is 1. The second-order valence-corrected chi connectivity index (χ2v) is 6.35. The van der Waals surface area contributed by atoms with Gasteiger partial charge in [-0.3, -0.25) is 4.72 Å². The van der Waals surface area contributed by atoms with Gasteiger partial charge >= 0.3 is 0 Å². The lowest BCUT2D eigenvalue weighted by Crippen LogP contribution is -2.21. The fraction of sp³-hybridized carbons (Fsp3) is 0.0625. The summed E-state index contributed by atoms with van der Waals surface area (Å²) in [4.78, 5) is 0. The summed E-state index contributed by atoms with van der Waals surface area (Å²) >= 11 is 0. The van der Waals surface area contributed by atoms with E-state index in [0.29, 0.717) is 17.1 Å². The van der Waals surface area contributed by atoms with E-state index in [9.17, 15) is 8.42 Å². The van der Waals surface area contributed by atoms with Crippen molar-refractivity contribution < 1.29 is 12.9 Å². The second-order valence-electron chi connectivity index (χ2n) is 5.06. The monoisotopic (exact) mass is 329 g/mol. The molecule has 0 aliphatic heterocycles. The second kappa shape index (κ2) is 5.86. The van der Waals surface area contributed by atoms with Crippen LogP contribution in [0.2, 0.25) is 0 Å². The molecule has 23 heavy (non-hydrogen) atoms. The lowest BCUT2D eigenvalue weighted by atomic mass is 9.99. The highest BCUT2D eigenvalue weighted by molar-refractivity contribution is 7.90. The zero-order valence-electron chi connectivity index (χ0n) is 12.4. The van der Waals surface area contributed by atoms with E-state index in [2.05, 4.69) is 9.88 Å². The van der Waals surface area contributed by atoms with Crippen molar-refractivity contribution in [1.82, 2.24) is 5.16 Å². The van der Waals surface area contributed by atoms with Crippen LogP contribution in [-0.2, 0) is 10.2 Å². The Morgan fingerprint density at radius 2 is 1.74 bits per heavy atom. The van der Waals surface area contributed by atoms with Gasteiger partial charge in [-0.25, -0.2) is 5.14 Å². The number of hydrogen-bond donors (Lipinski definition) is 2. The molecule has 118 valence electrons. The Morgan fingerprint density at radius 3 is 2.43 bits per heavy atom. The summed E-state index contributed by atoms with van der Waals surface area (Å²) in [5.41, 5.74) is 3.61. The predicted octanol–water partition coefficient (Wildman–Crippen LogP) is 2.93. The molecule has 1 heterocycles.